The Labute approximate surface area is 207 Å². The van der Waals surface area contributed by atoms with Gasteiger partial charge in [0.25, 0.3) is 11.1 Å². The third kappa shape index (κ3) is 5.91. The number of methoxy groups -OCH3 is 1. The summed E-state index contributed by atoms with van der Waals surface area (Å²) in [5.74, 6) is 0.332. The van der Waals surface area contributed by atoms with Crippen molar-refractivity contribution in [3.8, 4) is 17.2 Å². The highest BCUT2D eigenvalue weighted by atomic mass is 32.2. The molecular formula is C27H23NO6S. The molecule has 1 saturated heterocycles. The second-order valence-corrected chi connectivity index (χ2v) is 8.66. The van der Waals surface area contributed by atoms with Crippen LogP contribution in [0.15, 0.2) is 77.7 Å². The fourth-order valence-corrected chi connectivity index (χ4v) is 4.26. The quantitative estimate of drug-likeness (QED) is 0.240. The zero-order valence-corrected chi connectivity index (χ0v) is 20.0. The van der Waals surface area contributed by atoms with E-state index in [1.165, 1.54) is 7.11 Å². The van der Waals surface area contributed by atoms with Crippen LogP contribution in [0, 0.1) is 6.92 Å². The van der Waals surface area contributed by atoms with Gasteiger partial charge in [-0.25, -0.2) is 4.79 Å². The van der Waals surface area contributed by atoms with Gasteiger partial charge in [-0.1, -0.05) is 36.4 Å². The number of aryl methyl sites for hydroxylation is 1. The Morgan fingerprint density at radius 3 is 2.51 bits per heavy atom. The Morgan fingerprint density at radius 2 is 1.77 bits per heavy atom. The maximum Gasteiger partial charge on any atom is 0.343 e. The lowest BCUT2D eigenvalue weighted by atomic mass is 10.1. The molecule has 35 heavy (non-hydrogen) atoms. The summed E-state index contributed by atoms with van der Waals surface area (Å²) in [6, 6.07) is 21.1. The standard InChI is InChI=1S/C27H23NO6S/c1-18-7-6-10-21(15-18)33-14-13-28-25(29)24(35-27(28)31)17-19-11-12-22(32-2)23(16-19)34-26(30)20-8-4-3-5-9-20/h3-12,15-17H,13-14H2,1-2H3/b24-17-. The van der Waals surface area contributed by atoms with Gasteiger partial charge in [-0.05, 0) is 72.3 Å². The van der Waals surface area contributed by atoms with Gasteiger partial charge in [-0.15, -0.1) is 0 Å². The van der Waals surface area contributed by atoms with Gasteiger partial charge in [0.1, 0.15) is 12.4 Å². The summed E-state index contributed by atoms with van der Waals surface area (Å²) >= 11 is 0.856. The zero-order chi connectivity index (χ0) is 24.8. The number of amides is 2. The van der Waals surface area contributed by atoms with Crippen molar-refractivity contribution in [2.75, 3.05) is 20.3 Å². The van der Waals surface area contributed by atoms with Crippen molar-refractivity contribution in [3.05, 3.63) is 94.4 Å². The van der Waals surface area contributed by atoms with Crippen LogP contribution < -0.4 is 14.2 Å². The molecule has 0 saturated carbocycles. The summed E-state index contributed by atoms with van der Waals surface area (Å²) in [4.78, 5) is 39.2. The number of esters is 1. The average molecular weight is 490 g/mol. The van der Waals surface area contributed by atoms with E-state index in [1.807, 2.05) is 31.2 Å². The van der Waals surface area contributed by atoms with E-state index < -0.39 is 11.9 Å². The SMILES string of the molecule is COc1ccc(/C=C2\SC(=O)N(CCOc3cccc(C)c3)C2=O)cc1OC(=O)c1ccccc1. The van der Waals surface area contributed by atoms with Gasteiger partial charge in [0.2, 0.25) is 0 Å². The average Bonchev–Trinajstić information content (AvgIpc) is 3.12. The maximum absolute atomic E-state index is 12.8. The number of hydrogen-bond donors (Lipinski definition) is 0. The van der Waals surface area contributed by atoms with E-state index in [4.69, 9.17) is 14.2 Å². The van der Waals surface area contributed by atoms with Crippen LogP contribution in [0.5, 0.6) is 17.2 Å². The molecule has 0 atom stereocenters. The topological polar surface area (TPSA) is 82.1 Å². The first-order chi connectivity index (χ1) is 16.9. The molecule has 1 aliphatic rings. The summed E-state index contributed by atoms with van der Waals surface area (Å²) in [5.41, 5.74) is 2.04. The van der Waals surface area contributed by atoms with Crippen LogP contribution in [0.4, 0.5) is 4.79 Å². The predicted molar refractivity (Wildman–Crippen MR) is 134 cm³/mol. The number of thioether (sulfide) groups is 1. The highest BCUT2D eigenvalue weighted by Gasteiger charge is 2.34. The molecule has 3 aromatic carbocycles. The third-order valence-electron chi connectivity index (χ3n) is 5.14. The lowest BCUT2D eigenvalue weighted by Crippen LogP contribution is -2.32. The van der Waals surface area contributed by atoms with E-state index in [1.54, 1.807) is 54.6 Å². The van der Waals surface area contributed by atoms with Gasteiger partial charge >= 0.3 is 5.97 Å². The lowest BCUT2D eigenvalue weighted by molar-refractivity contribution is -0.123. The van der Waals surface area contributed by atoms with Crippen molar-refractivity contribution < 1.29 is 28.6 Å². The summed E-state index contributed by atoms with van der Waals surface area (Å²) in [6.07, 6.45) is 1.59. The first kappa shape index (κ1) is 24.1. The monoisotopic (exact) mass is 489 g/mol. The van der Waals surface area contributed by atoms with Gasteiger partial charge in [0.05, 0.1) is 24.1 Å². The third-order valence-corrected chi connectivity index (χ3v) is 6.05. The van der Waals surface area contributed by atoms with Crippen LogP contribution in [-0.2, 0) is 4.79 Å². The fraction of sp³-hybridized carbons (Fsp3) is 0.148. The van der Waals surface area contributed by atoms with Crippen molar-refractivity contribution in [3.63, 3.8) is 0 Å². The Kier molecular flexibility index (Phi) is 7.52. The molecule has 7 nitrogen and oxygen atoms in total. The molecule has 0 bridgehead atoms. The highest BCUT2D eigenvalue weighted by Crippen LogP contribution is 2.34. The molecule has 0 unspecified atom stereocenters. The molecule has 0 aromatic heterocycles. The molecular weight excluding hydrogens is 466 g/mol. The van der Waals surface area contributed by atoms with Crippen molar-refractivity contribution in [2.45, 2.75) is 6.92 Å². The first-order valence-corrected chi connectivity index (χ1v) is 11.7. The minimum absolute atomic E-state index is 0.137. The first-order valence-electron chi connectivity index (χ1n) is 10.8. The molecule has 1 fully saturated rings. The minimum Gasteiger partial charge on any atom is -0.493 e. The van der Waals surface area contributed by atoms with Crippen LogP contribution >= 0.6 is 11.8 Å². The Hall–Kier alpha value is -4.04. The van der Waals surface area contributed by atoms with Gasteiger partial charge < -0.3 is 14.2 Å². The normalized spacial score (nSPS) is 14.3. The van der Waals surface area contributed by atoms with E-state index in [2.05, 4.69) is 0 Å². The van der Waals surface area contributed by atoms with Crippen molar-refractivity contribution in [1.82, 2.24) is 4.90 Å². The zero-order valence-electron chi connectivity index (χ0n) is 19.2. The lowest BCUT2D eigenvalue weighted by Gasteiger charge is -2.13. The second-order valence-electron chi connectivity index (χ2n) is 7.66. The molecule has 0 aliphatic carbocycles. The Balaban J connectivity index is 1.45. The summed E-state index contributed by atoms with van der Waals surface area (Å²) in [5, 5.41) is -0.363. The predicted octanol–water partition coefficient (Wildman–Crippen LogP) is 5.34. The van der Waals surface area contributed by atoms with Crippen molar-refractivity contribution in [1.29, 1.82) is 0 Å². The van der Waals surface area contributed by atoms with Gasteiger partial charge in [0.15, 0.2) is 11.5 Å². The minimum atomic E-state index is -0.532. The van der Waals surface area contributed by atoms with Crippen LogP contribution in [0.2, 0.25) is 0 Å². The maximum atomic E-state index is 12.8. The van der Waals surface area contributed by atoms with Crippen LogP contribution in [-0.4, -0.2) is 42.3 Å². The molecule has 0 spiro atoms. The number of rotatable bonds is 8. The number of imide groups is 1. The van der Waals surface area contributed by atoms with Gasteiger partial charge in [0, 0.05) is 0 Å². The number of hydrogen-bond acceptors (Lipinski definition) is 7. The van der Waals surface area contributed by atoms with E-state index in [0.29, 0.717) is 22.6 Å². The van der Waals surface area contributed by atoms with Crippen LogP contribution in [0.3, 0.4) is 0 Å². The molecule has 0 radical (unpaired) electrons. The second kappa shape index (κ2) is 10.9. The number of carbonyl (C=O) groups is 3. The van der Waals surface area contributed by atoms with Gasteiger partial charge in [-0.3, -0.25) is 14.5 Å². The van der Waals surface area contributed by atoms with Gasteiger partial charge in [-0.2, -0.15) is 0 Å². The summed E-state index contributed by atoms with van der Waals surface area (Å²) < 4.78 is 16.5. The van der Waals surface area contributed by atoms with Crippen molar-refractivity contribution in [2.24, 2.45) is 0 Å². The molecule has 4 rings (SSSR count). The van der Waals surface area contributed by atoms with Crippen LogP contribution in [0.1, 0.15) is 21.5 Å². The van der Waals surface area contributed by atoms with E-state index >= 15 is 0 Å². The number of nitrogens with zero attached hydrogens (tertiary/aromatic N) is 1. The molecule has 0 N–H and O–H groups in total. The number of carbonyl (C=O) groups excluding carboxylic acids is 3. The largest absolute Gasteiger partial charge is 0.493 e. The van der Waals surface area contributed by atoms with Crippen LogP contribution in [0.25, 0.3) is 6.08 Å². The Bertz CT molecular complexity index is 1290. The number of benzene rings is 3. The molecule has 2 amide bonds. The Morgan fingerprint density at radius 1 is 0.971 bits per heavy atom. The van der Waals surface area contributed by atoms with E-state index in [9.17, 15) is 14.4 Å². The molecule has 1 heterocycles. The smallest absolute Gasteiger partial charge is 0.343 e. The highest BCUT2D eigenvalue weighted by molar-refractivity contribution is 8.18. The number of ether oxygens (including phenoxy) is 3. The summed E-state index contributed by atoms with van der Waals surface area (Å²) in [6.45, 7) is 2.29. The van der Waals surface area contributed by atoms with Crippen molar-refractivity contribution >= 4 is 35.0 Å². The molecule has 8 heteroatoms. The molecule has 3 aromatic rings. The fourth-order valence-electron chi connectivity index (χ4n) is 3.40. The molecule has 1 aliphatic heterocycles. The summed E-state index contributed by atoms with van der Waals surface area (Å²) in [7, 11) is 1.47. The molecule has 178 valence electrons. The van der Waals surface area contributed by atoms with E-state index in [0.717, 1.165) is 22.2 Å². The van der Waals surface area contributed by atoms with E-state index in [-0.39, 0.29) is 29.0 Å².